The second kappa shape index (κ2) is 7.55. The van der Waals surface area contributed by atoms with Gasteiger partial charge in [-0.1, -0.05) is 33.1 Å². The van der Waals surface area contributed by atoms with E-state index in [1.807, 2.05) is 0 Å². The van der Waals surface area contributed by atoms with Gasteiger partial charge in [0.25, 0.3) is 0 Å². The zero-order chi connectivity index (χ0) is 12.7. The molecule has 0 N–H and O–H groups in total. The molecule has 0 aliphatic heterocycles. The molecule has 0 aromatic heterocycles. The molecule has 1 fully saturated rings. The van der Waals surface area contributed by atoms with Gasteiger partial charge in [0.1, 0.15) is 0 Å². The molecule has 1 aliphatic rings. The van der Waals surface area contributed by atoms with Crippen molar-refractivity contribution in [3.05, 3.63) is 0 Å². The van der Waals surface area contributed by atoms with Gasteiger partial charge in [-0.15, -0.1) is 0 Å². The van der Waals surface area contributed by atoms with Crippen molar-refractivity contribution < 1.29 is 8.85 Å². The molecule has 102 valence electrons. The molecule has 1 rings (SSSR count). The Balaban J connectivity index is 2.76. The normalized spacial score (nSPS) is 20.1. The molecule has 0 spiro atoms. The Kier molecular flexibility index (Phi) is 6.74. The van der Waals surface area contributed by atoms with Gasteiger partial charge in [-0.05, 0) is 39.0 Å². The fourth-order valence-corrected chi connectivity index (χ4v) is 6.26. The van der Waals surface area contributed by atoms with Crippen LogP contribution in [0.1, 0.15) is 66.2 Å². The average molecular weight is 258 g/mol. The predicted molar refractivity (Wildman–Crippen MR) is 75.6 cm³/mol. The second-order valence-corrected chi connectivity index (χ2v) is 8.32. The highest BCUT2D eigenvalue weighted by atomic mass is 28.3. The van der Waals surface area contributed by atoms with E-state index in [0.29, 0.717) is 5.04 Å². The Bertz CT molecular complexity index is 194. The first kappa shape index (κ1) is 15.2. The SMILES string of the molecule is CCO[SiH](OCC)C1(CC(C)C)CCCCC1. The number of rotatable bonds is 7. The van der Waals surface area contributed by atoms with E-state index in [1.165, 1.54) is 38.5 Å². The standard InChI is InChI=1S/C14H30O2Si/c1-5-15-17(16-6-2)14(12-13(3)4)10-8-7-9-11-14/h13,17H,5-12H2,1-4H3. The summed E-state index contributed by atoms with van der Waals surface area (Å²) in [4.78, 5) is 0. The van der Waals surface area contributed by atoms with Crippen LogP contribution in [0, 0.1) is 5.92 Å². The van der Waals surface area contributed by atoms with Crippen molar-refractivity contribution in [3.63, 3.8) is 0 Å². The van der Waals surface area contributed by atoms with E-state index in [2.05, 4.69) is 27.7 Å². The second-order valence-electron chi connectivity index (χ2n) is 5.76. The summed E-state index contributed by atoms with van der Waals surface area (Å²) in [6.45, 7) is 10.5. The average Bonchev–Trinajstić information content (AvgIpc) is 2.29. The van der Waals surface area contributed by atoms with Crippen molar-refractivity contribution in [2.75, 3.05) is 13.2 Å². The Hall–Kier alpha value is 0.137. The number of hydrogen-bond donors (Lipinski definition) is 0. The van der Waals surface area contributed by atoms with Gasteiger partial charge in [0.05, 0.1) is 0 Å². The van der Waals surface area contributed by atoms with Crippen LogP contribution in [0.4, 0.5) is 0 Å². The summed E-state index contributed by atoms with van der Waals surface area (Å²) in [6, 6.07) is 0. The first-order valence-corrected chi connectivity index (χ1v) is 8.90. The van der Waals surface area contributed by atoms with Crippen molar-refractivity contribution >= 4 is 9.28 Å². The van der Waals surface area contributed by atoms with Crippen molar-refractivity contribution in [2.45, 2.75) is 71.3 Å². The fraction of sp³-hybridized carbons (Fsp3) is 1.00. The topological polar surface area (TPSA) is 18.5 Å². The Labute approximate surface area is 109 Å². The summed E-state index contributed by atoms with van der Waals surface area (Å²) in [5.74, 6) is 0.754. The summed E-state index contributed by atoms with van der Waals surface area (Å²) in [7, 11) is -1.51. The van der Waals surface area contributed by atoms with Crippen LogP contribution in [0.15, 0.2) is 0 Å². The zero-order valence-electron chi connectivity index (χ0n) is 12.1. The van der Waals surface area contributed by atoms with Crippen molar-refractivity contribution in [3.8, 4) is 0 Å². The minimum Gasteiger partial charge on any atom is -0.397 e. The summed E-state index contributed by atoms with van der Waals surface area (Å²) >= 11 is 0. The molecule has 0 unspecified atom stereocenters. The molecule has 0 amide bonds. The molecule has 0 saturated heterocycles. The Morgan fingerprint density at radius 1 is 1.00 bits per heavy atom. The third-order valence-electron chi connectivity index (χ3n) is 3.80. The Morgan fingerprint density at radius 2 is 1.53 bits per heavy atom. The van der Waals surface area contributed by atoms with Gasteiger partial charge in [0, 0.05) is 18.3 Å². The Morgan fingerprint density at radius 3 is 1.94 bits per heavy atom. The molecule has 2 nitrogen and oxygen atoms in total. The molecule has 0 atom stereocenters. The van der Waals surface area contributed by atoms with Crippen LogP contribution in [0.5, 0.6) is 0 Å². The van der Waals surface area contributed by atoms with Gasteiger partial charge in [-0.3, -0.25) is 0 Å². The van der Waals surface area contributed by atoms with Crippen LogP contribution in [0.2, 0.25) is 5.04 Å². The third-order valence-corrected chi connectivity index (χ3v) is 6.89. The van der Waals surface area contributed by atoms with Crippen LogP contribution in [-0.4, -0.2) is 22.5 Å². The smallest absolute Gasteiger partial charge is 0.327 e. The summed E-state index contributed by atoms with van der Waals surface area (Å²) < 4.78 is 12.1. The maximum absolute atomic E-state index is 6.04. The van der Waals surface area contributed by atoms with Crippen LogP contribution in [0.3, 0.4) is 0 Å². The molecular formula is C14H30O2Si. The van der Waals surface area contributed by atoms with E-state index >= 15 is 0 Å². The quantitative estimate of drug-likeness (QED) is 0.642. The highest BCUT2D eigenvalue weighted by Gasteiger charge is 2.43. The van der Waals surface area contributed by atoms with Gasteiger partial charge in [0.15, 0.2) is 0 Å². The highest BCUT2D eigenvalue weighted by molar-refractivity contribution is 6.48. The third kappa shape index (κ3) is 4.38. The van der Waals surface area contributed by atoms with Gasteiger partial charge < -0.3 is 8.85 Å². The van der Waals surface area contributed by atoms with Crippen molar-refractivity contribution in [2.24, 2.45) is 5.92 Å². The molecule has 0 aromatic carbocycles. The van der Waals surface area contributed by atoms with E-state index in [-0.39, 0.29) is 0 Å². The lowest BCUT2D eigenvalue weighted by Gasteiger charge is -2.42. The monoisotopic (exact) mass is 258 g/mol. The van der Waals surface area contributed by atoms with E-state index in [9.17, 15) is 0 Å². The molecule has 3 heteroatoms. The van der Waals surface area contributed by atoms with Crippen LogP contribution < -0.4 is 0 Å². The van der Waals surface area contributed by atoms with Crippen molar-refractivity contribution in [1.82, 2.24) is 0 Å². The van der Waals surface area contributed by atoms with Gasteiger partial charge in [-0.25, -0.2) is 0 Å². The van der Waals surface area contributed by atoms with E-state index in [0.717, 1.165) is 19.1 Å². The molecule has 1 saturated carbocycles. The zero-order valence-corrected chi connectivity index (χ0v) is 13.3. The summed E-state index contributed by atoms with van der Waals surface area (Å²) in [5, 5.41) is 0.415. The fourth-order valence-electron chi connectivity index (χ4n) is 3.31. The molecular weight excluding hydrogens is 228 g/mol. The van der Waals surface area contributed by atoms with Crippen LogP contribution in [-0.2, 0) is 8.85 Å². The largest absolute Gasteiger partial charge is 0.397 e. The van der Waals surface area contributed by atoms with E-state index < -0.39 is 9.28 Å². The van der Waals surface area contributed by atoms with Crippen molar-refractivity contribution in [1.29, 1.82) is 0 Å². The first-order chi connectivity index (χ1) is 8.14. The maximum Gasteiger partial charge on any atom is 0.327 e. The summed E-state index contributed by atoms with van der Waals surface area (Å²) in [5.41, 5.74) is 0. The lowest BCUT2D eigenvalue weighted by Crippen LogP contribution is -2.41. The molecule has 1 aliphatic carbocycles. The predicted octanol–water partition coefficient (Wildman–Crippen LogP) is 4.03. The molecule has 0 radical (unpaired) electrons. The molecule has 17 heavy (non-hydrogen) atoms. The first-order valence-electron chi connectivity index (χ1n) is 7.38. The highest BCUT2D eigenvalue weighted by Crippen LogP contribution is 2.50. The maximum atomic E-state index is 6.04. The van der Waals surface area contributed by atoms with Crippen LogP contribution in [0.25, 0.3) is 0 Å². The molecule has 0 heterocycles. The van der Waals surface area contributed by atoms with E-state index in [4.69, 9.17) is 8.85 Å². The summed E-state index contributed by atoms with van der Waals surface area (Å²) in [6.07, 6.45) is 8.11. The molecule has 0 aromatic rings. The minimum atomic E-state index is -1.51. The van der Waals surface area contributed by atoms with Gasteiger partial charge >= 0.3 is 9.28 Å². The van der Waals surface area contributed by atoms with E-state index in [1.54, 1.807) is 0 Å². The number of hydrogen-bond acceptors (Lipinski definition) is 2. The lowest BCUT2D eigenvalue weighted by molar-refractivity contribution is 0.155. The van der Waals surface area contributed by atoms with Crippen LogP contribution >= 0.6 is 0 Å². The lowest BCUT2D eigenvalue weighted by atomic mass is 9.82. The minimum absolute atomic E-state index is 0.415. The van der Waals surface area contributed by atoms with Gasteiger partial charge in [-0.2, -0.15) is 0 Å². The van der Waals surface area contributed by atoms with Gasteiger partial charge in [0.2, 0.25) is 0 Å². The molecule has 0 bridgehead atoms.